The number of carbonyl (C=O) groups excluding carboxylic acids is 1. The van der Waals surface area contributed by atoms with Crippen LogP contribution in [0, 0.1) is 17.7 Å². The van der Waals surface area contributed by atoms with Crippen molar-refractivity contribution in [2.45, 2.75) is 51.3 Å². The lowest BCUT2D eigenvalue weighted by Crippen LogP contribution is -2.48. The maximum atomic E-state index is 13.0. The SMILES string of the molecule is CC(C)C1CC(C(=O)N2CCC(C(O)c3ccc(F)cc3)CC2)NN1. The van der Waals surface area contributed by atoms with Gasteiger partial charge in [0, 0.05) is 19.1 Å². The third-order valence-electron chi connectivity index (χ3n) is 5.54. The van der Waals surface area contributed by atoms with Crippen molar-refractivity contribution in [3.63, 3.8) is 0 Å². The molecule has 1 aromatic rings. The summed E-state index contributed by atoms with van der Waals surface area (Å²) in [6.07, 6.45) is 1.74. The molecular formula is C19H28FN3O2. The molecule has 0 spiro atoms. The van der Waals surface area contributed by atoms with Crippen LogP contribution in [0.3, 0.4) is 0 Å². The van der Waals surface area contributed by atoms with Crippen molar-refractivity contribution >= 4 is 5.91 Å². The molecule has 0 bridgehead atoms. The highest BCUT2D eigenvalue weighted by molar-refractivity contribution is 5.82. The Morgan fingerprint density at radius 3 is 2.40 bits per heavy atom. The van der Waals surface area contributed by atoms with Gasteiger partial charge in [0.1, 0.15) is 11.9 Å². The lowest BCUT2D eigenvalue weighted by Gasteiger charge is -2.35. The molecule has 0 aromatic heterocycles. The number of piperidine rings is 1. The van der Waals surface area contributed by atoms with Crippen molar-refractivity contribution < 1.29 is 14.3 Å². The molecule has 1 amide bonds. The molecule has 0 aliphatic carbocycles. The standard InChI is InChI=1S/C19H28FN3O2/c1-12(2)16-11-17(22-21-16)19(25)23-9-7-14(8-10-23)18(24)13-3-5-15(20)6-4-13/h3-6,12,14,16-18,21-22,24H,7-11H2,1-2H3. The van der Waals surface area contributed by atoms with E-state index in [4.69, 9.17) is 0 Å². The van der Waals surface area contributed by atoms with Crippen LogP contribution in [0.15, 0.2) is 24.3 Å². The molecule has 2 heterocycles. The summed E-state index contributed by atoms with van der Waals surface area (Å²) in [7, 11) is 0. The van der Waals surface area contributed by atoms with E-state index in [1.165, 1.54) is 12.1 Å². The number of likely N-dealkylation sites (tertiary alicyclic amines) is 1. The second-order valence-corrected chi connectivity index (χ2v) is 7.59. The zero-order valence-electron chi connectivity index (χ0n) is 14.9. The van der Waals surface area contributed by atoms with Gasteiger partial charge in [-0.2, -0.15) is 0 Å². The molecule has 138 valence electrons. The zero-order chi connectivity index (χ0) is 18.0. The van der Waals surface area contributed by atoms with Crippen molar-refractivity contribution in [2.24, 2.45) is 11.8 Å². The van der Waals surface area contributed by atoms with Gasteiger partial charge < -0.3 is 10.0 Å². The average Bonchev–Trinajstić information content (AvgIpc) is 3.12. The Labute approximate surface area is 148 Å². The van der Waals surface area contributed by atoms with Gasteiger partial charge in [0.05, 0.1) is 6.10 Å². The first-order chi connectivity index (χ1) is 12.0. The molecule has 25 heavy (non-hydrogen) atoms. The average molecular weight is 349 g/mol. The zero-order valence-corrected chi connectivity index (χ0v) is 14.9. The second kappa shape index (κ2) is 7.81. The van der Waals surface area contributed by atoms with Gasteiger partial charge in [-0.1, -0.05) is 26.0 Å². The van der Waals surface area contributed by atoms with E-state index >= 15 is 0 Å². The number of benzene rings is 1. The smallest absolute Gasteiger partial charge is 0.241 e. The van der Waals surface area contributed by atoms with Gasteiger partial charge in [-0.25, -0.2) is 9.82 Å². The first-order valence-electron chi connectivity index (χ1n) is 9.19. The topological polar surface area (TPSA) is 64.6 Å². The van der Waals surface area contributed by atoms with Crippen molar-refractivity contribution in [1.82, 2.24) is 15.8 Å². The van der Waals surface area contributed by atoms with E-state index in [0.29, 0.717) is 25.0 Å². The fourth-order valence-corrected chi connectivity index (χ4v) is 3.77. The predicted molar refractivity (Wildman–Crippen MR) is 94.0 cm³/mol. The number of hydrogen-bond donors (Lipinski definition) is 3. The summed E-state index contributed by atoms with van der Waals surface area (Å²) in [4.78, 5) is 14.6. The van der Waals surface area contributed by atoms with Crippen molar-refractivity contribution in [2.75, 3.05) is 13.1 Å². The molecule has 2 aliphatic heterocycles. The normalized spacial score (nSPS) is 26.2. The first-order valence-corrected chi connectivity index (χ1v) is 9.19. The minimum atomic E-state index is -0.602. The van der Waals surface area contributed by atoms with Gasteiger partial charge >= 0.3 is 0 Å². The Morgan fingerprint density at radius 1 is 1.20 bits per heavy atom. The Hall–Kier alpha value is -1.50. The van der Waals surface area contributed by atoms with E-state index in [1.54, 1.807) is 12.1 Å². The van der Waals surface area contributed by atoms with Crippen LogP contribution in [0.25, 0.3) is 0 Å². The molecule has 0 saturated carbocycles. The van der Waals surface area contributed by atoms with Gasteiger partial charge in [-0.3, -0.25) is 10.2 Å². The minimum absolute atomic E-state index is 0.104. The lowest BCUT2D eigenvalue weighted by molar-refractivity contribution is -0.135. The van der Waals surface area contributed by atoms with Crippen LogP contribution in [0.5, 0.6) is 0 Å². The van der Waals surface area contributed by atoms with Gasteiger partial charge in [-0.05, 0) is 48.8 Å². The third kappa shape index (κ3) is 4.19. The van der Waals surface area contributed by atoms with Gasteiger partial charge in [-0.15, -0.1) is 0 Å². The molecule has 0 radical (unpaired) electrons. The van der Waals surface area contributed by atoms with E-state index < -0.39 is 6.10 Å². The highest BCUT2D eigenvalue weighted by atomic mass is 19.1. The fraction of sp³-hybridized carbons (Fsp3) is 0.632. The van der Waals surface area contributed by atoms with Crippen molar-refractivity contribution in [1.29, 1.82) is 0 Å². The van der Waals surface area contributed by atoms with Crippen LogP contribution in [0.1, 0.15) is 44.8 Å². The van der Waals surface area contributed by atoms with Crippen LogP contribution >= 0.6 is 0 Å². The summed E-state index contributed by atoms with van der Waals surface area (Å²) in [5.74, 6) is 0.439. The van der Waals surface area contributed by atoms with E-state index in [2.05, 4.69) is 24.7 Å². The number of rotatable bonds is 4. The monoisotopic (exact) mass is 349 g/mol. The first kappa shape index (κ1) is 18.3. The van der Waals surface area contributed by atoms with Crippen LogP contribution in [-0.4, -0.2) is 41.1 Å². The Morgan fingerprint density at radius 2 is 1.84 bits per heavy atom. The number of hydrogen-bond acceptors (Lipinski definition) is 4. The number of aliphatic hydroxyl groups is 1. The van der Waals surface area contributed by atoms with Gasteiger partial charge in [0.25, 0.3) is 0 Å². The fourth-order valence-electron chi connectivity index (χ4n) is 3.77. The maximum Gasteiger partial charge on any atom is 0.241 e. The van der Waals surface area contributed by atoms with E-state index in [-0.39, 0.29) is 23.7 Å². The Balaban J connectivity index is 1.51. The summed E-state index contributed by atoms with van der Waals surface area (Å²) in [6, 6.07) is 6.19. The number of carbonyl (C=O) groups is 1. The quantitative estimate of drug-likeness (QED) is 0.778. The highest BCUT2D eigenvalue weighted by Gasteiger charge is 2.35. The maximum absolute atomic E-state index is 13.0. The van der Waals surface area contributed by atoms with Crippen molar-refractivity contribution in [3.05, 3.63) is 35.6 Å². The third-order valence-corrected chi connectivity index (χ3v) is 5.54. The predicted octanol–water partition coefficient (Wildman–Crippen LogP) is 1.99. The molecule has 2 fully saturated rings. The number of nitrogens with zero attached hydrogens (tertiary/aromatic N) is 1. The number of halogens is 1. The highest BCUT2D eigenvalue weighted by Crippen LogP contribution is 2.31. The van der Waals surface area contributed by atoms with E-state index in [0.717, 1.165) is 24.8 Å². The Bertz CT molecular complexity index is 585. The van der Waals surface area contributed by atoms with Crippen molar-refractivity contribution in [3.8, 4) is 0 Å². The summed E-state index contributed by atoms with van der Waals surface area (Å²) < 4.78 is 13.0. The molecule has 6 heteroatoms. The largest absolute Gasteiger partial charge is 0.388 e. The van der Waals surface area contributed by atoms with Crippen LogP contribution < -0.4 is 10.9 Å². The van der Waals surface area contributed by atoms with E-state index in [1.807, 2.05) is 4.90 Å². The lowest BCUT2D eigenvalue weighted by atomic mass is 9.87. The molecular weight excluding hydrogens is 321 g/mol. The summed E-state index contributed by atoms with van der Waals surface area (Å²) in [5.41, 5.74) is 7.08. The molecule has 5 nitrogen and oxygen atoms in total. The summed E-state index contributed by atoms with van der Waals surface area (Å²) in [6.45, 7) is 5.61. The number of nitrogens with one attached hydrogen (secondary N) is 2. The molecule has 1 aromatic carbocycles. The number of aliphatic hydroxyl groups excluding tert-OH is 1. The van der Waals surface area contributed by atoms with E-state index in [9.17, 15) is 14.3 Å². The van der Waals surface area contributed by atoms with Crippen LogP contribution in [0.2, 0.25) is 0 Å². The summed E-state index contributed by atoms with van der Waals surface area (Å²) in [5, 5.41) is 10.5. The molecule has 3 N–H and O–H groups in total. The second-order valence-electron chi connectivity index (χ2n) is 7.59. The minimum Gasteiger partial charge on any atom is -0.388 e. The van der Waals surface area contributed by atoms with Gasteiger partial charge in [0.2, 0.25) is 5.91 Å². The van der Waals surface area contributed by atoms with Crippen LogP contribution in [0.4, 0.5) is 4.39 Å². The molecule has 2 aliphatic rings. The molecule has 3 rings (SSSR count). The molecule has 2 saturated heterocycles. The molecule has 3 unspecified atom stereocenters. The molecule has 3 atom stereocenters. The number of amides is 1. The number of hydrazine groups is 1. The Kier molecular flexibility index (Phi) is 5.71. The van der Waals surface area contributed by atoms with Gasteiger partial charge in [0.15, 0.2) is 0 Å². The van der Waals surface area contributed by atoms with Crippen LogP contribution in [-0.2, 0) is 4.79 Å². The summed E-state index contributed by atoms with van der Waals surface area (Å²) >= 11 is 0.